The van der Waals surface area contributed by atoms with E-state index in [4.69, 9.17) is 9.40 Å². The number of para-hydroxylation sites is 1. The molecule has 0 N–H and O–H groups in total. The summed E-state index contributed by atoms with van der Waals surface area (Å²) < 4.78 is 6.41. The Morgan fingerprint density at radius 2 is 1.20 bits per heavy atom. The van der Waals surface area contributed by atoms with E-state index in [0.29, 0.717) is 5.71 Å². The number of rotatable bonds is 4. The van der Waals surface area contributed by atoms with Crippen LogP contribution in [0.3, 0.4) is 0 Å². The molecule has 0 aliphatic heterocycles. The quantitative estimate of drug-likeness (QED) is 0.208. The summed E-state index contributed by atoms with van der Waals surface area (Å²) in [6.07, 6.45) is 0. The summed E-state index contributed by atoms with van der Waals surface area (Å²) in [5.41, 5.74) is 13.3. The highest BCUT2D eigenvalue weighted by Crippen LogP contribution is 2.50. The van der Waals surface area contributed by atoms with Crippen molar-refractivity contribution >= 4 is 50.0 Å². The van der Waals surface area contributed by atoms with Crippen LogP contribution in [-0.2, 0) is 5.41 Å². The number of nitrogens with zero attached hydrogens (tertiary/aromatic N) is 2. The zero-order valence-corrected chi connectivity index (χ0v) is 25.2. The smallest absolute Gasteiger partial charge is 0.227 e. The van der Waals surface area contributed by atoms with Gasteiger partial charge in [-0.15, -0.1) is 0 Å². The fraction of sp³-hybridized carbons (Fsp3) is 0.0714. The third-order valence-electron chi connectivity index (χ3n) is 9.47. The molecule has 0 unspecified atom stereocenters. The van der Waals surface area contributed by atoms with Crippen molar-refractivity contribution < 1.29 is 4.42 Å². The van der Waals surface area contributed by atoms with Crippen molar-refractivity contribution in [2.75, 3.05) is 4.90 Å². The molecule has 214 valence electrons. The van der Waals surface area contributed by atoms with Crippen LogP contribution in [0.2, 0.25) is 0 Å². The van der Waals surface area contributed by atoms with Gasteiger partial charge < -0.3 is 9.32 Å². The number of hydrogen-bond donors (Lipinski definition) is 0. The maximum atomic E-state index is 6.41. The molecular formula is C42H30N2O. The van der Waals surface area contributed by atoms with E-state index in [2.05, 4.69) is 146 Å². The van der Waals surface area contributed by atoms with Gasteiger partial charge in [0.05, 0.1) is 5.52 Å². The zero-order chi connectivity index (χ0) is 30.1. The Balaban J connectivity index is 1.23. The minimum Gasteiger partial charge on any atom is -0.438 e. The van der Waals surface area contributed by atoms with Crippen molar-refractivity contribution in [2.45, 2.75) is 19.3 Å². The van der Waals surface area contributed by atoms with E-state index in [9.17, 15) is 0 Å². The number of furan rings is 1. The van der Waals surface area contributed by atoms with Crippen molar-refractivity contribution in [3.8, 4) is 22.3 Å². The Hall–Kier alpha value is -5.67. The maximum Gasteiger partial charge on any atom is 0.227 e. The van der Waals surface area contributed by atoms with E-state index in [1.807, 2.05) is 18.2 Å². The average molecular weight is 579 g/mol. The first-order valence-electron chi connectivity index (χ1n) is 15.5. The van der Waals surface area contributed by atoms with E-state index in [-0.39, 0.29) is 5.41 Å². The first-order valence-corrected chi connectivity index (χ1v) is 15.5. The summed E-state index contributed by atoms with van der Waals surface area (Å²) in [4.78, 5) is 7.17. The number of anilines is 3. The molecule has 0 bridgehead atoms. The van der Waals surface area contributed by atoms with Gasteiger partial charge in [0.1, 0.15) is 5.58 Å². The molecule has 2 aromatic heterocycles. The predicted molar refractivity (Wildman–Crippen MR) is 187 cm³/mol. The number of fused-ring (bicyclic) bond motifs is 7. The lowest BCUT2D eigenvalue weighted by Gasteiger charge is -2.27. The van der Waals surface area contributed by atoms with Crippen LogP contribution < -0.4 is 4.90 Å². The minimum atomic E-state index is -0.0453. The first kappa shape index (κ1) is 25.8. The highest BCUT2D eigenvalue weighted by Gasteiger charge is 2.35. The largest absolute Gasteiger partial charge is 0.438 e. The molecule has 45 heavy (non-hydrogen) atoms. The molecule has 9 rings (SSSR count). The SMILES string of the molecule is CC1(C)c2ccccc2-c2cc(N(c3ccc(-c4ccccc4)cc3)c3ccc4c(c3)oc3nc5ccccc5cc34)ccc21. The Labute approximate surface area is 262 Å². The van der Waals surface area contributed by atoms with E-state index >= 15 is 0 Å². The minimum absolute atomic E-state index is 0.0453. The van der Waals surface area contributed by atoms with Crippen LogP contribution in [0.5, 0.6) is 0 Å². The summed E-state index contributed by atoms with van der Waals surface area (Å²) in [6.45, 7) is 4.65. The summed E-state index contributed by atoms with van der Waals surface area (Å²) in [6, 6.07) is 52.0. The molecule has 0 saturated carbocycles. The standard InChI is InChI=1S/C42H30N2O/c1-42(2)37-14-8-7-13-33(37)35-25-31(21-23-38(35)42)44(30-18-16-28(17-19-30)27-10-4-3-5-11-27)32-20-22-34-36-24-29-12-6-9-15-39(29)43-41(36)45-40(34)26-32/h3-26H,1-2H3. The molecule has 2 heterocycles. The van der Waals surface area contributed by atoms with Gasteiger partial charge in [0, 0.05) is 44.7 Å². The van der Waals surface area contributed by atoms with Crippen LogP contribution in [0.1, 0.15) is 25.0 Å². The van der Waals surface area contributed by atoms with E-state index < -0.39 is 0 Å². The Kier molecular flexibility index (Phi) is 5.54. The molecule has 0 radical (unpaired) electrons. The van der Waals surface area contributed by atoms with Crippen LogP contribution >= 0.6 is 0 Å². The number of benzene rings is 6. The lowest BCUT2D eigenvalue weighted by molar-refractivity contribution is 0.656. The topological polar surface area (TPSA) is 29.3 Å². The monoisotopic (exact) mass is 578 g/mol. The van der Waals surface area contributed by atoms with Gasteiger partial charge in [-0.1, -0.05) is 105 Å². The molecule has 1 aliphatic rings. The summed E-state index contributed by atoms with van der Waals surface area (Å²) in [5, 5.41) is 3.21. The Morgan fingerprint density at radius 1 is 0.533 bits per heavy atom. The second-order valence-corrected chi connectivity index (χ2v) is 12.5. The van der Waals surface area contributed by atoms with Crippen molar-refractivity contribution in [1.29, 1.82) is 0 Å². The average Bonchev–Trinajstić information content (AvgIpc) is 3.55. The van der Waals surface area contributed by atoms with Crippen LogP contribution in [0.25, 0.3) is 55.2 Å². The van der Waals surface area contributed by atoms with Gasteiger partial charge in [-0.3, -0.25) is 0 Å². The van der Waals surface area contributed by atoms with Gasteiger partial charge in [-0.05, 0) is 81.9 Å². The number of hydrogen-bond acceptors (Lipinski definition) is 3. The Bertz CT molecular complexity index is 2400. The number of pyridine rings is 1. The lowest BCUT2D eigenvalue weighted by Crippen LogP contribution is -2.15. The van der Waals surface area contributed by atoms with Crippen molar-refractivity contribution in [3.05, 3.63) is 157 Å². The summed E-state index contributed by atoms with van der Waals surface area (Å²) >= 11 is 0. The Morgan fingerprint density at radius 3 is 2.07 bits per heavy atom. The predicted octanol–water partition coefficient (Wildman–Crippen LogP) is 11.6. The first-order chi connectivity index (χ1) is 22.0. The van der Waals surface area contributed by atoms with Crippen molar-refractivity contribution in [2.24, 2.45) is 0 Å². The van der Waals surface area contributed by atoms with E-state index in [1.54, 1.807) is 0 Å². The molecule has 3 heteroatoms. The van der Waals surface area contributed by atoms with Crippen molar-refractivity contribution in [1.82, 2.24) is 4.98 Å². The van der Waals surface area contributed by atoms with Crippen LogP contribution in [0.4, 0.5) is 17.1 Å². The van der Waals surface area contributed by atoms with Gasteiger partial charge in [0.15, 0.2) is 0 Å². The van der Waals surface area contributed by atoms with E-state index in [0.717, 1.165) is 44.3 Å². The summed E-state index contributed by atoms with van der Waals surface area (Å²) in [7, 11) is 0. The molecular weight excluding hydrogens is 548 g/mol. The van der Waals surface area contributed by atoms with Crippen LogP contribution in [0, 0.1) is 0 Å². The fourth-order valence-electron chi connectivity index (χ4n) is 7.16. The molecule has 0 spiro atoms. The molecule has 3 nitrogen and oxygen atoms in total. The van der Waals surface area contributed by atoms with E-state index in [1.165, 1.54) is 33.4 Å². The molecule has 0 atom stereocenters. The third kappa shape index (κ3) is 4.01. The molecule has 1 aliphatic carbocycles. The normalized spacial score (nSPS) is 13.3. The molecule has 0 saturated heterocycles. The number of aromatic nitrogens is 1. The second-order valence-electron chi connectivity index (χ2n) is 12.5. The third-order valence-corrected chi connectivity index (χ3v) is 9.47. The maximum absolute atomic E-state index is 6.41. The van der Waals surface area contributed by atoms with Crippen LogP contribution in [0.15, 0.2) is 150 Å². The highest BCUT2D eigenvalue weighted by atomic mass is 16.3. The van der Waals surface area contributed by atoms with Crippen LogP contribution in [-0.4, -0.2) is 4.98 Å². The van der Waals surface area contributed by atoms with Gasteiger partial charge in [-0.25, -0.2) is 4.98 Å². The van der Waals surface area contributed by atoms with Crippen molar-refractivity contribution in [3.63, 3.8) is 0 Å². The van der Waals surface area contributed by atoms with Gasteiger partial charge in [0.25, 0.3) is 0 Å². The molecule has 0 fully saturated rings. The molecule has 8 aromatic rings. The fourth-order valence-corrected chi connectivity index (χ4v) is 7.16. The highest BCUT2D eigenvalue weighted by molar-refractivity contribution is 6.08. The van der Waals surface area contributed by atoms with Gasteiger partial charge in [0.2, 0.25) is 5.71 Å². The van der Waals surface area contributed by atoms with Gasteiger partial charge >= 0.3 is 0 Å². The molecule has 6 aromatic carbocycles. The lowest BCUT2D eigenvalue weighted by atomic mass is 9.82. The van der Waals surface area contributed by atoms with Gasteiger partial charge in [-0.2, -0.15) is 0 Å². The molecule has 0 amide bonds. The summed E-state index contributed by atoms with van der Waals surface area (Å²) in [5.74, 6) is 0. The second kappa shape index (κ2) is 9.67. The zero-order valence-electron chi connectivity index (χ0n) is 25.2.